The van der Waals surface area contributed by atoms with E-state index in [1.54, 1.807) is 11.8 Å². The summed E-state index contributed by atoms with van der Waals surface area (Å²) in [6, 6.07) is 7.56. The summed E-state index contributed by atoms with van der Waals surface area (Å²) in [7, 11) is 0. The molecule has 2 aliphatic rings. The molecule has 8 heteroatoms. The Morgan fingerprint density at radius 3 is 2.52 bits per heavy atom. The van der Waals surface area contributed by atoms with Gasteiger partial charge in [-0.3, -0.25) is 0 Å². The van der Waals surface area contributed by atoms with Crippen molar-refractivity contribution in [2.24, 2.45) is 0 Å². The minimum atomic E-state index is 0. The van der Waals surface area contributed by atoms with E-state index in [2.05, 4.69) is 28.8 Å². The summed E-state index contributed by atoms with van der Waals surface area (Å²) >= 11 is 1.61. The smallest absolute Gasteiger partial charge is 0.189 e. The van der Waals surface area contributed by atoms with Crippen molar-refractivity contribution in [3.8, 4) is 0 Å². The molecule has 1 atom stereocenters. The molecule has 2 N–H and O–H groups in total. The lowest BCUT2D eigenvalue weighted by Gasteiger charge is -2.19. The average molecular weight is 459 g/mol. The van der Waals surface area contributed by atoms with Gasteiger partial charge in [0.2, 0.25) is 0 Å². The maximum Gasteiger partial charge on any atom is 0.189 e. The van der Waals surface area contributed by atoms with E-state index in [1.807, 2.05) is 6.26 Å². The van der Waals surface area contributed by atoms with Crippen LogP contribution in [-0.2, 0) is 11.3 Å². The predicted octanol–water partition coefficient (Wildman–Crippen LogP) is 5.21. The van der Waals surface area contributed by atoms with Gasteiger partial charge in [-0.15, -0.1) is 24.8 Å². The maximum absolute atomic E-state index is 5.46. The highest BCUT2D eigenvalue weighted by Crippen LogP contribution is 2.28. The SMILES string of the molecule is CSc1nc(NC2CCCCCC2)c2cc(CN[C@H]3CCOC3)ccc2n1.Cl.Cl. The number of rotatable bonds is 6. The molecule has 4 rings (SSSR count). The Labute approximate surface area is 190 Å². The summed E-state index contributed by atoms with van der Waals surface area (Å²) in [5.41, 5.74) is 2.30. The molecule has 0 unspecified atom stereocenters. The summed E-state index contributed by atoms with van der Waals surface area (Å²) in [4.78, 5) is 9.54. The van der Waals surface area contributed by atoms with Crippen LogP contribution in [0.3, 0.4) is 0 Å². The number of benzene rings is 1. The lowest BCUT2D eigenvalue weighted by molar-refractivity contribution is 0.190. The van der Waals surface area contributed by atoms with Crippen LogP contribution in [0.1, 0.15) is 50.5 Å². The van der Waals surface area contributed by atoms with Crippen LogP contribution in [0.5, 0.6) is 0 Å². The standard InChI is InChI=1S/C21H30N4OS.2ClH/c1-27-21-24-19-9-8-15(13-22-17-10-11-26-14-17)12-18(19)20(25-21)23-16-6-4-2-3-5-7-16;;/h8-9,12,16-17,22H,2-7,10-11,13-14H2,1H3,(H,23,24,25);2*1H/t17-;;/m0../s1. The van der Waals surface area contributed by atoms with E-state index in [4.69, 9.17) is 14.7 Å². The van der Waals surface area contributed by atoms with E-state index in [0.717, 1.165) is 48.1 Å². The second-order valence-electron chi connectivity index (χ2n) is 7.68. The van der Waals surface area contributed by atoms with Crippen LogP contribution < -0.4 is 10.6 Å². The van der Waals surface area contributed by atoms with E-state index < -0.39 is 0 Å². The molecule has 1 aromatic carbocycles. The van der Waals surface area contributed by atoms with Gasteiger partial charge in [-0.2, -0.15) is 0 Å². The molecule has 0 radical (unpaired) electrons. The number of nitrogens with one attached hydrogen (secondary N) is 2. The number of thioether (sulfide) groups is 1. The van der Waals surface area contributed by atoms with E-state index >= 15 is 0 Å². The highest BCUT2D eigenvalue weighted by atomic mass is 35.5. The lowest BCUT2D eigenvalue weighted by atomic mass is 10.1. The summed E-state index contributed by atoms with van der Waals surface area (Å²) in [6.07, 6.45) is 11.0. The topological polar surface area (TPSA) is 59.1 Å². The van der Waals surface area contributed by atoms with Gasteiger partial charge in [0.25, 0.3) is 0 Å². The van der Waals surface area contributed by atoms with Crippen molar-refractivity contribution in [3.05, 3.63) is 23.8 Å². The van der Waals surface area contributed by atoms with Crippen LogP contribution in [0.25, 0.3) is 10.9 Å². The van der Waals surface area contributed by atoms with Crippen LogP contribution in [0.2, 0.25) is 0 Å². The first-order chi connectivity index (χ1) is 13.3. The van der Waals surface area contributed by atoms with Gasteiger partial charge in [0.05, 0.1) is 12.1 Å². The number of hydrogen-bond acceptors (Lipinski definition) is 6. The highest BCUT2D eigenvalue weighted by Gasteiger charge is 2.17. The average Bonchev–Trinajstić information content (AvgIpc) is 3.09. The largest absolute Gasteiger partial charge is 0.380 e. The summed E-state index contributed by atoms with van der Waals surface area (Å²) < 4.78 is 5.46. The third-order valence-corrected chi connectivity index (χ3v) is 6.19. The van der Waals surface area contributed by atoms with Crippen molar-refractivity contribution < 1.29 is 4.74 Å². The van der Waals surface area contributed by atoms with E-state index in [9.17, 15) is 0 Å². The minimum Gasteiger partial charge on any atom is -0.380 e. The molecule has 29 heavy (non-hydrogen) atoms. The number of nitrogens with zero attached hydrogens (tertiary/aromatic N) is 2. The minimum absolute atomic E-state index is 0. The van der Waals surface area contributed by atoms with Gasteiger partial charge in [0.15, 0.2) is 5.16 Å². The first kappa shape index (κ1) is 24.5. The Morgan fingerprint density at radius 1 is 1.03 bits per heavy atom. The Hall–Kier alpha value is -0.790. The molecule has 1 saturated heterocycles. The predicted molar refractivity (Wildman–Crippen MR) is 127 cm³/mol. The van der Waals surface area contributed by atoms with Gasteiger partial charge < -0.3 is 15.4 Å². The lowest BCUT2D eigenvalue weighted by Crippen LogP contribution is -2.28. The highest BCUT2D eigenvalue weighted by molar-refractivity contribution is 7.98. The third-order valence-electron chi connectivity index (χ3n) is 5.64. The number of hydrogen-bond donors (Lipinski definition) is 2. The van der Waals surface area contributed by atoms with E-state index in [1.165, 1.54) is 44.1 Å². The van der Waals surface area contributed by atoms with Crippen LogP contribution >= 0.6 is 36.6 Å². The molecule has 1 saturated carbocycles. The molecule has 2 heterocycles. The van der Waals surface area contributed by atoms with Crippen LogP contribution in [0, 0.1) is 0 Å². The molecule has 0 spiro atoms. The van der Waals surface area contributed by atoms with Crippen molar-refractivity contribution >= 4 is 53.3 Å². The number of anilines is 1. The molecule has 0 bridgehead atoms. The molecular weight excluding hydrogens is 427 g/mol. The third kappa shape index (κ3) is 6.59. The summed E-state index contributed by atoms with van der Waals surface area (Å²) in [5.74, 6) is 1.00. The Bertz CT molecular complexity index is 766. The van der Waals surface area contributed by atoms with Crippen molar-refractivity contribution in [3.63, 3.8) is 0 Å². The van der Waals surface area contributed by atoms with E-state index in [-0.39, 0.29) is 24.8 Å². The Morgan fingerprint density at radius 2 is 1.83 bits per heavy atom. The first-order valence-electron chi connectivity index (χ1n) is 10.2. The van der Waals surface area contributed by atoms with Gasteiger partial charge in [0.1, 0.15) is 5.82 Å². The van der Waals surface area contributed by atoms with Gasteiger partial charge >= 0.3 is 0 Å². The fourth-order valence-corrected chi connectivity index (χ4v) is 4.41. The fourth-order valence-electron chi connectivity index (χ4n) is 4.04. The number of fused-ring (bicyclic) bond motifs is 1. The molecule has 1 aromatic heterocycles. The monoisotopic (exact) mass is 458 g/mol. The molecular formula is C21H32Cl2N4OS. The van der Waals surface area contributed by atoms with Crippen molar-refractivity contribution in [2.75, 3.05) is 24.8 Å². The molecule has 1 aliphatic heterocycles. The van der Waals surface area contributed by atoms with Gasteiger partial charge in [-0.05, 0) is 43.2 Å². The maximum atomic E-state index is 5.46. The van der Waals surface area contributed by atoms with Crippen molar-refractivity contribution in [1.29, 1.82) is 0 Å². The zero-order valence-corrected chi connectivity index (χ0v) is 19.4. The molecule has 2 fully saturated rings. The fraction of sp³-hybridized carbons (Fsp3) is 0.619. The summed E-state index contributed by atoms with van der Waals surface area (Å²) in [6.45, 7) is 2.55. The molecule has 162 valence electrons. The second kappa shape index (κ2) is 12.2. The number of aromatic nitrogens is 2. The molecule has 1 aliphatic carbocycles. The Balaban J connectivity index is 0.00000150. The number of halogens is 2. The molecule has 0 amide bonds. The normalized spacial score (nSPS) is 20.0. The molecule has 5 nitrogen and oxygen atoms in total. The van der Waals surface area contributed by atoms with Crippen LogP contribution in [-0.4, -0.2) is 41.5 Å². The zero-order valence-electron chi connectivity index (χ0n) is 17.0. The van der Waals surface area contributed by atoms with Crippen LogP contribution in [0.4, 0.5) is 5.82 Å². The van der Waals surface area contributed by atoms with Crippen molar-refractivity contribution in [2.45, 2.75) is 68.7 Å². The van der Waals surface area contributed by atoms with Gasteiger partial charge in [-0.25, -0.2) is 9.97 Å². The first-order valence-corrected chi connectivity index (χ1v) is 11.5. The van der Waals surface area contributed by atoms with E-state index in [0.29, 0.717) is 12.1 Å². The second-order valence-corrected chi connectivity index (χ2v) is 8.46. The zero-order chi connectivity index (χ0) is 18.5. The quantitative estimate of drug-likeness (QED) is 0.352. The summed E-state index contributed by atoms with van der Waals surface area (Å²) in [5, 5.41) is 9.34. The van der Waals surface area contributed by atoms with Crippen molar-refractivity contribution in [1.82, 2.24) is 15.3 Å². The van der Waals surface area contributed by atoms with Gasteiger partial charge in [0, 0.05) is 30.6 Å². The van der Waals surface area contributed by atoms with Gasteiger partial charge in [-0.1, -0.05) is 43.5 Å². The molecule has 2 aromatic rings. The van der Waals surface area contributed by atoms with Crippen LogP contribution in [0.15, 0.2) is 23.4 Å². The Kier molecular flexibility index (Phi) is 10.3. The number of ether oxygens (including phenoxy) is 1.